The van der Waals surface area contributed by atoms with Gasteiger partial charge in [0.15, 0.2) is 16.5 Å². The Morgan fingerprint density at radius 3 is 2.05 bits per heavy atom. The third-order valence-electron chi connectivity index (χ3n) is 5.68. The molecule has 1 fully saturated rings. The third kappa shape index (κ3) is 9.57. The molecule has 234 valence electrons. The van der Waals surface area contributed by atoms with Gasteiger partial charge >= 0.3 is 7.82 Å². The second-order valence-corrected chi connectivity index (χ2v) is 15.4. The van der Waals surface area contributed by atoms with Crippen LogP contribution in [0.15, 0.2) is 17.1 Å². The summed E-state index contributed by atoms with van der Waals surface area (Å²) in [4.78, 5) is 38.0. The number of ether oxygens (including phenoxy) is 1. The van der Waals surface area contributed by atoms with Crippen molar-refractivity contribution in [1.82, 2.24) is 9.55 Å². The van der Waals surface area contributed by atoms with E-state index in [-0.39, 0.29) is 35.0 Å². The predicted octanol–water partition coefficient (Wildman–Crippen LogP) is 2.73. The molecule has 41 heavy (non-hydrogen) atoms. The fourth-order valence-electron chi connectivity index (χ4n) is 3.31. The van der Waals surface area contributed by atoms with Crippen LogP contribution in [0, 0.1) is 16.2 Å². The zero-order valence-corrected chi connectivity index (χ0v) is 26.6. The van der Waals surface area contributed by atoms with Crippen molar-refractivity contribution >= 4 is 41.6 Å². The van der Waals surface area contributed by atoms with Crippen LogP contribution in [-0.4, -0.2) is 78.9 Å². The van der Waals surface area contributed by atoms with Crippen LogP contribution in [0.3, 0.4) is 0 Å². The Bertz CT molecular complexity index is 1220. The van der Waals surface area contributed by atoms with Gasteiger partial charge in [-0.2, -0.15) is 0 Å². The molecule has 2 rings (SSSR count). The molecule has 1 aliphatic heterocycles. The summed E-state index contributed by atoms with van der Waals surface area (Å²) in [5.41, 5.74) is -4.73. The number of aliphatic hydroxyl groups is 2. The van der Waals surface area contributed by atoms with Gasteiger partial charge in [0.25, 0.3) is 11.4 Å². The number of carbonyl (C=O) groups is 2. The summed E-state index contributed by atoms with van der Waals surface area (Å²) >= 11 is 1.88. The first-order chi connectivity index (χ1) is 18.6. The van der Waals surface area contributed by atoms with Crippen LogP contribution >= 0.6 is 31.3 Å². The van der Waals surface area contributed by atoms with Gasteiger partial charge in [0.1, 0.15) is 18.3 Å². The van der Waals surface area contributed by atoms with Crippen molar-refractivity contribution in [3.05, 3.63) is 28.2 Å². The number of rotatable bonds is 12. The molecule has 0 unspecified atom stereocenters. The molecule has 4 atom stereocenters. The average Bonchev–Trinajstić information content (AvgIpc) is 3.02. The Labute approximate surface area is 246 Å². The normalized spacial score (nSPS) is 25.4. The molecule has 1 aliphatic rings. The van der Waals surface area contributed by atoms with Gasteiger partial charge in [-0.25, -0.2) is 8.96 Å². The summed E-state index contributed by atoms with van der Waals surface area (Å²) in [5.74, 6) is -2.99. The molecule has 1 saturated heterocycles. The van der Waals surface area contributed by atoms with Crippen LogP contribution in [0.5, 0.6) is 0 Å². The number of hydrogen-bond donors (Lipinski definition) is 4. The summed E-state index contributed by atoms with van der Waals surface area (Å²) in [7, 11) is -4.55. The maximum atomic E-state index is 15.9. The van der Waals surface area contributed by atoms with Crippen LogP contribution in [0.1, 0.15) is 54.7 Å². The van der Waals surface area contributed by atoms with E-state index in [0.29, 0.717) is 0 Å². The van der Waals surface area contributed by atoms with Crippen molar-refractivity contribution in [3.63, 3.8) is 0 Å². The number of H-pyrrole nitrogens is 1. The minimum absolute atomic E-state index is 0.0792. The lowest BCUT2D eigenvalue weighted by molar-refractivity contribution is -0.205. The summed E-state index contributed by atoms with van der Waals surface area (Å²) in [6.45, 7) is 9.70. The average molecular weight is 644 g/mol. The van der Waals surface area contributed by atoms with Crippen molar-refractivity contribution < 1.29 is 47.1 Å². The standard InChI is InChI=1S/C24H39FN3O10PS2/c1-21(2,3)18(31)40-12-10-35-39(34,36-11-13-41-19(32)22(4,5)6)37-14-24(25)16(30)23(7,33)17(38-24)28-9-8-15(29)27-20(28)26/h8-9,16-17,30,33H,10-14H2,1-7H3,(H2,26,27,29)/t16-,17+,23+,24+/m0/s1. The van der Waals surface area contributed by atoms with Gasteiger partial charge in [0.05, 0.1) is 13.2 Å². The first-order valence-electron chi connectivity index (χ1n) is 12.6. The van der Waals surface area contributed by atoms with E-state index in [4.69, 9.17) is 23.7 Å². The molecule has 0 amide bonds. The van der Waals surface area contributed by atoms with Crippen molar-refractivity contribution in [3.8, 4) is 0 Å². The molecule has 1 aromatic heterocycles. The SMILES string of the molecule is CC(C)(C)C(=O)SCCOP(=O)(OCCSC(=O)C(C)(C)C)OC[C@@]1(F)O[C@@H](n2ccc(=O)[nH]c2=N)[C@](C)(O)[C@@H]1O. The number of thioether (sulfide) groups is 2. The van der Waals surface area contributed by atoms with E-state index in [1.165, 1.54) is 0 Å². The largest absolute Gasteiger partial charge is 0.475 e. The molecule has 0 aromatic carbocycles. The number of halogens is 1. The summed E-state index contributed by atoms with van der Waals surface area (Å²) in [6, 6.07) is 1.01. The number of aromatic nitrogens is 2. The van der Waals surface area contributed by atoms with Crippen molar-refractivity contribution in [1.29, 1.82) is 5.41 Å². The lowest BCUT2D eigenvalue weighted by Crippen LogP contribution is -2.50. The topological polar surface area (TPSA) is 190 Å². The summed E-state index contributed by atoms with van der Waals surface area (Å²) < 4.78 is 51.3. The molecule has 0 bridgehead atoms. The lowest BCUT2D eigenvalue weighted by atomic mass is 9.95. The number of aliphatic hydroxyl groups excluding tert-OH is 1. The first-order valence-corrected chi connectivity index (χ1v) is 16.1. The molecule has 17 heteroatoms. The van der Waals surface area contributed by atoms with E-state index in [0.717, 1.165) is 47.3 Å². The Kier molecular flexibility index (Phi) is 11.8. The van der Waals surface area contributed by atoms with Crippen molar-refractivity contribution in [2.45, 2.75) is 72.3 Å². The second-order valence-electron chi connectivity index (χ2n) is 11.6. The smallest absolute Gasteiger partial charge is 0.384 e. The van der Waals surface area contributed by atoms with E-state index >= 15 is 4.39 Å². The molecule has 0 aliphatic carbocycles. The Morgan fingerprint density at radius 2 is 1.61 bits per heavy atom. The van der Waals surface area contributed by atoms with Crippen LogP contribution in [0.2, 0.25) is 0 Å². The molecule has 0 saturated carbocycles. The highest BCUT2D eigenvalue weighted by Crippen LogP contribution is 2.53. The number of phosphoric acid groups is 1. The summed E-state index contributed by atoms with van der Waals surface area (Å²) in [6.07, 6.45) is -2.87. The maximum Gasteiger partial charge on any atom is 0.475 e. The van der Waals surface area contributed by atoms with E-state index < -0.39 is 60.2 Å². The molecule has 4 N–H and O–H groups in total. The first kappa shape index (κ1) is 35.8. The van der Waals surface area contributed by atoms with Gasteiger partial charge in [0.2, 0.25) is 5.62 Å². The van der Waals surface area contributed by atoms with Crippen LogP contribution in [-0.2, 0) is 32.5 Å². The van der Waals surface area contributed by atoms with Crippen molar-refractivity contribution in [2.75, 3.05) is 31.3 Å². The Balaban J connectivity index is 2.16. The van der Waals surface area contributed by atoms with E-state index in [1.54, 1.807) is 41.5 Å². The fourth-order valence-corrected chi connectivity index (χ4v) is 6.32. The van der Waals surface area contributed by atoms with Gasteiger partial charge in [0, 0.05) is 34.6 Å². The van der Waals surface area contributed by atoms with E-state index in [1.807, 2.05) is 0 Å². The number of carbonyl (C=O) groups excluding carboxylic acids is 2. The van der Waals surface area contributed by atoms with Gasteiger partial charge < -0.3 is 14.9 Å². The maximum absolute atomic E-state index is 15.9. The monoisotopic (exact) mass is 643 g/mol. The highest BCUT2D eigenvalue weighted by Gasteiger charge is 2.63. The number of aromatic amines is 1. The molecule has 1 aromatic rings. The number of phosphoric ester groups is 1. The second kappa shape index (κ2) is 13.5. The highest BCUT2D eigenvalue weighted by molar-refractivity contribution is 8.14. The molecule has 0 radical (unpaired) electrons. The third-order valence-corrected chi connectivity index (χ3v) is 9.62. The van der Waals surface area contributed by atoms with E-state index in [9.17, 15) is 29.2 Å². The highest BCUT2D eigenvalue weighted by atomic mass is 32.2. The Hall–Kier alpha value is -1.36. The lowest BCUT2D eigenvalue weighted by Gasteiger charge is -2.28. The zero-order chi connectivity index (χ0) is 31.4. The predicted molar refractivity (Wildman–Crippen MR) is 151 cm³/mol. The number of nitrogens with one attached hydrogen (secondary N) is 2. The summed E-state index contributed by atoms with van der Waals surface area (Å²) in [5, 5.41) is 29.1. The van der Waals surface area contributed by atoms with E-state index in [2.05, 4.69) is 4.98 Å². The minimum Gasteiger partial charge on any atom is -0.384 e. The fraction of sp³-hybridized carbons (Fsp3) is 0.750. The Morgan fingerprint density at radius 1 is 1.12 bits per heavy atom. The molecule has 13 nitrogen and oxygen atoms in total. The zero-order valence-electron chi connectivity index (χ0n) is 24.1. The van der Waals surface area contributed by atoms with Crippen molar-refractivity contribution in [2.24, 2.45) is 10.8 Å². The quantitative estimate of drug-likeness (QED) is 0.193. The molecule has 2 heterocycles. The molecular weight excluding hydrogens is 604 g/mol. The van der Waals surface area contributed by atoms with Gasteiger partial charge in [-0.15, -0.1) is 0 Å². The van der Waals surface area contributed by atoms with Gasteiger partial charge in [-0.05, 0) is 6.92 Å². The minimum atomic E-state index is -4.55. The molecule has 0 spiro atoms. The van der Waals surface area contributed by atoms with Crippen LogP contribution in [0.4, 0.5) is 4.39 Å². The van der Waals surface area contributed by atoms with Crippen LogP contribution in [0.25, 0.3) is 0 Å². The van der Waals surface area contributed by atoms with Crippen LogP contribution < -0.4 is 11.2 Å². The number of nitrogens with zero attached hydrogens (tertiary/aromatic N) is 1. The van der Waals surface area contributed by atoms with Gasteiger partial charge in [-0.3, -0.25) is 42.9 Å². The number of alkyl halides is 1. The van der Waals surface area contributed by atoms with Gasteiger partial charge in [-0.1, -0.05) is 65.1 Å². The number of hydrogen-bond acceptors (Lipinski definition) is 13. The molecular formula is C24H39FN3O10PS2.